The van der Waals surface area contributed by atoms with Gasteiger partial charge in [-0.05, 0) is 18.9 Å². The van der Waals surface area contributed by atoms with Gasteiger partial charge >= 0.3 is 35.5 Å². The Morgan fingerprint density at radius 2 is 1.18 bits per heavy atom. The van der Waals surface area contributed by atoms with Crippen LogP contribution in [-0.4, -0.2) is 29.6 Å². The molecule has 0 aromatic rings. The predicted octanol–water partition coefficient (Wildman–Crippen LogP) is 1.29. The minimum Gasteiger partial charge on any atom is -0.548 e. The second-order valence-electron chi connectivity index (χ2n) is 8.20. The van der Waals surface area contributed by atoms with Crippen LogP contribution in [0.5, 0.6) is 0 Å². The number of unbranched alkanes of at least 4 members (excludes halogenated alkanes) is 12. The van der Waals surface area contributed by atoms with Gasteiger partial charge in [0, 0.05) is 0 Å². The Hall–Kier alpha value is -0.100. The Bertz CT molecular complexity index is 378. The molecule has 0 aromatic heterocycles. The van der Waals surface area contributed by atoms with Crippen molar-refractivity contribution in [3.63, 3.8) is 0 Å². The number of carboxylic acid groups (broad SMARTS) is 2. The zero-order chi connectivity index (χ0) is 20.3. The van der Waals surface area contributed by atoms with Gasteiger partial charge in [0.05, 0.1) is 18.4 Å². The number of aliphatic carboxylic acids is 2. The molecule has 0 aromatic carbocycles. The summed E-state index contributed by atoms with van der Waals surface area (Å²) in [5.74, 6) is -1.62. The molecular formula is C22H42NNaO4. The fraction of sp³-hybridized carbons (Fsp3) is 0.909. The molecule has 0 fully saturated rings. The van der Waals surface area contributed by atoms with Crippen molar-refractivity contribution >= 4 is 11.9 Å². The molecule has 6 heteroatoms. The smallest absolute Gasteiger partial charge is 0.548 e. The van der Waals surface area contributed by atoms with E-state index in [2.05, 4.69) is 19.2 Å². The van der Waals surface area contributed by atoms with Crippen LogP contribution in [0.3, 0.4) is 0 Å². The van der Waals surface area contributed by atoms with Gasteiger partial charge in [-0.1, -0.05) is 97.3 Å². The summed E-state index contributed by atoms with van der Waals surface area (Å²) in [5, 5.41) is 22.2. The van der Waals surface area contributed by atoms with Crippen molar-refractivity contribution in [3.8, 4) is 0 Å². The Morgan fingerprint density at radius 3 is 1.54 bits per heavy atom. The quantitative estimate of drug-likeness (QED) is 0.234. The average Bonchev–Trinajstić information content (AvgIpc) is 2.59. The third-order valence-corrected chi connectivity index (χ3v) is 5.01. The van der Waals surface area contributed by atoms with Gasteiger partial charge in [0.25, 0.3) is 0 Å². The summed E-state index contributed by atoms with van der Waals surface area (Å²) in [6, 6.07) is -1.09. The van der Waals surface area contributed by atoms with Crippen LogP contribution in [0, 0.1) is 5.92 Å². The molecule has 0 heterocycles. The Kier molecular flexibility index (Phi) is 23.2. The second kappa shape index (κ2) is 21.6. The molecule has 1 atom stereocenters. The first kappa shape index (κ1) is 30.1. The summed E-state index contributed by atoms with van der Waals surface area (Å²) < 4.78 is 0. The molecule has 0 rings (SSSR count). The van der Waals surface area contributed by atoms with Crippen molar-refractivity contribution in [2.75, 3.05) is 6.54 Å². The van der Waals surface area contributed by atoms with E-state index in [1.807, 2.05) is 0 Å². The number of carbonyl (C=O) groups is 2. The summed E-state index contributed by atoms with van der Waals surface area (Å²) >= 11 is 0. The third kappa shape index (κ3) is 22.2. The van der Waals surface area contributed by atoms with Gasteiger partial charge in [0.2, 0.25) is 0 Å². The average molecular weight is 408 g/mol. The van der Waals surface area contributed by atoms with Crippen LogP contribution >= 0.6 is 0 Å². The Morgan fingerprint density at radius 1 is 0.786 bits per heavy atom. The molecule has 0 aliphatic carbocycles. The summed E-state index contributed by atoms with van der Waals surface area (Å²) in [6.07, 6.45) is 17.5. The first-order chi connectivity index (χ1) is 12.9. The molecule has 0 bridgehead atoms. The molecule has 0 saturated heterocycles. The van der Waals surface area contributed by atoms with E-state index in [-0.39, 0.29) is 29.6 Å². The maximum atomic E-state index is 10.8. The summed E-state index contributed by atoms with van der Waals surface area (Å²) in [5.41, 5.74) is 0. The van der Waals surface area contributed by atoms with E-state index >= 15 is 0 Å². The van der Waals surface area contributed by atoms with Crippen molar-refractivity contribution < 1.29 is 49.4 Å². The van der Waals surface area contributed by atoms with Gasteiger partial charge in [0.1, 0.15) is 0 Å². The molecule has 0 saturated carbocycles. The molecule has 0 spiro atoms. The van der Waals surface area contributed by atoms with E-state index in [9.17, 15) is 14.7 Å². The number of nitrogens with one attached hydrogen (secondary N) is 1. The molecule has 0 aliphatic heterocycles. The Labute approximate surface area is 194 Å². The van der Waals surface area contributed by atoms with Gasteiger partial charge in [-0.15, -0.1) is 0 Å². The zero-order valence-corrected chi connectivity index (χ0v) is 20.6. The van der Waals surface area contributed by atoms with Gasteiger partial charge in [-0.25, -0.2) is 0 Å². The van der Waals surface area contributed by atoms with Crippen LogP contribution in [-0.2, 0) is 9.59 Å². The van der Waals surface area contributed by atoms with Gasteiger partial charge in [-0.2, -0.15) is 0 Å². The van der Waals surface area contributed by atoms with Crippen LogP contribution < -0.4 is 40.0 Å². The normalized spacial score (nSPS) is 12.0. The predicted molar refractivity (Wildman–Crippen MR) is 109 cm³/mol. The summed E-state index contributed by atoms with van der Waals surface area (Å²) in [7, 11) is 0. The molecule has 2 N–H and O–H groups in total. The molecule has 0 unspecified atom stereocenters. The van der Waals surface area contributed by atoms with E-state index < -0.39 is 24.4 Å². The van der Waals surface area contributed by atoms with Gasteiger partial charge < -0.3 is 20.3 Å². The monoisotopic (exact) mass is 407 g/mol. The summed E-state index contributed by atoms with van der Waals surface area (Å²) in [6.45, 7) is 5.13. The van der Waals surface area contributed by atoms with Crippen molar-refractivity contribution in [3.05, 3.63) is 0 Å². The maximum absolute atomic E-state index is 10.8. The van der Waals surface area contributed by atoms with Crippen molar-refractivity contribution in [2.45, 2.75) is 116 Å². The van der Waals surface area contributed by atoms with E-state index in [0.717, 1.165) is 25.2 Å². The van der Waals surface area contributed by atoms with E-state index in [0.29, 0.717) is 6.54 Å². The number of carboxylic acids is 2. The van der Waals surface area contributed by atoms with Crippen molar-refractivity contribution in [1.29, 1.82) is 0 Å². The fourth-order valence-electron chi connectivity index (χ4n) is 3.31. The molecule has 28 heavy (non-hydrogen) atoms. The molecule has 5 nitrogen and oxygen atoms in total. The van der Waals surface area contributed by atoms with Crippen LogP contribution in [0.1, 0.15) is 110 Å². The maximum Gasteiger partial charge on any atom is 1.00 e. The van der Waals surface area contributed by atoms with E-state index in [1.165, 1.54) is 70.6 Å². The number of hydrogen-bond acceptors (Lipinski definition) is 4. The number of carbonyl (C=O) groups excluding carboxylic acids is 1. The molecule has 0 aliphatic rings. The molecule has 0 radical (unpaired) electrons. The third-order valence-electron chi connectivity index (χ3n) is 5.01. The fourth-order valence-corrected chi connectivity index (χ4v) is 3.31. The molecule has 160 valence electrons. The zero-order valence-electron chi connectivity index (χ0n) is 18.6. The SMILES string of the molecule is CC(C)CCCCCCCCCCCCCCCN[C@@H](CC(=O)O)C(=O)[O-].[Na+]. The van der Waals surface area contributed by atoms with Crippen molar-refractivity contribution in [1.82, 2.24) is 5.32 Å². The minimum absolute atomic E-state index is 0. The first-order valence-corrected chi connectivity index (χ1v) is 11.1. The van der Waals surface area contributed by atoms with Crippen molar-refractivity contribution in [2.24, 2.45) is 5.92 Å². The van der Waals surface area contributed by atoms with Crippen LogP contribution in [0.2, 0.25) is 0 Å². The second-order valence-corrected chi connectivity index (χ2v) is 8.20. The minimum atomic E-state index is -1.34. The number of hydrogen-bond donors (Lipinski definition) is 2. The van der Waals surface area contributed by atoms with Crippen LogP contribution in [0.4, 0.5) is 0 Å². The standard InChI is InChI=1S/C22H43NO4.Na/c1-19(2)16-14-12-10-8-6-4-3-5-7-9-11-13-15-17-23-20(22(26)27)18-21(24)25;/h19-20,23H,3-18H2,1-2H3,(H,24,25)(H,26,27);/q;+1/p-1/t20-;/m0./s1. The molecular weight excluding hydrogens is 365 g/mol. The Balaban J connectivity index is 0. The van der Waals surface area contributed by atoms with Crippen LogP contribution in [0.25, 0.3) is 0 Å². The van der Waals surface area contributed by atoms with Gasteiger partial charge in [-0.3, -0.25) is 4.79 Å². The topological polar surface area (TPSA) is 89.5 Å². The number of rotatable bonds is 20. The first-order valence-electron chi connectivity index (χ1n) is 11.1. The van der Waals surface area contributed by atoms with Crippen LogP contribution in [0.15, 0.2) is 0 Å². The largest absolute Gasteiger partial charge is 1.00 e. The molecule has 0 amide bonds. The van der Waals surface area contributed by atoms with E-state index in [4.69, 9.17) is 5.11 Å². The summed E-state index contributed by atoms with van der Waals surface area (Å²) in [4.78, 5) is 21.4. The van der Waals surface area contributed by atoms with Gasteiger partial charge in [0.15, 0.2) is 0 Å². The van der Waals surface area contributed by atoms with E-state index in [1.54, 1.807) is 0 Å².